The Morgan fingerprint density at radius 3 is 3.19 bits per heavy atom. The lowest BCUT2D eigenvalue weighted by atomic mass is 10.2. The number of ether oxygens (including phenoxy) is 1. The van der Waals surface area contributed by atoms with E-state index >= 15 is 0 Å². The number of methoxy groups -OCH3 is 1. The largest absolute Gasteiger partial charge is 0.383 e. The van der Waals surface area contributed by atoms with E-state index < -0.39 is 0 Å². The monoisotopic (exact) mass is 238 g/mol. The quantitative estimate of drug-likeness (QED) is 0.591. The van der Waals surface area contributed by atoms with Gasteiger partial charge < -0.3 is 15.8 Å². The first-order valence-corrected chi connectivity index (χ1v) is 5.71. The number of amides is 1. The van der Waals surface area contributed by atoms with Crippen molar-refractivity contribution in [2.24, 2.45) is 5.73 Å². The van der Waals surface area contributed by atoms with Crippen LogP contribution in [0.4, 0.5) is 0 Å². The molecule has 1 heterocycles. The Labute approximate surface area is 98.8 Å². The first-order chi connectivity index (χ1) is 7.79. The second-order valence-electron chi connectivity index (χ2n) is 2.92. The number of hydrogen-bond acceptors (Lipinski definition) is 4. The molecule has 1 aromatic heterocycles. The van der Waals surface area contributed by atoms with Gasteiger partial charge in [-0.15, -0.1) is 11.3 Å². The summed E-state index contributed by atoms with van der Waals surface area (Å²) in [4.78, 5) is 12.3. The maximum Gasteiger partial charge on any atom is 0.262 e. The van der Waals surface area contributed by atoms with Crippen molar-refractivity contribution in [2.75, 3.05) is 26.8 Å². The van der Waals surface area contributed by atoms with Crippen molar-refractivity contribution in [1.82, 2.24) is 5.32 Å². The fourth-order valence-corrected chi connectivity index (χ4v) is 1.84. The van der Waals surface area contributed by atoms with Crippen LogP contribution in [-0.2, 0) is 4.74 Å². The van der Waals surface area contributed by atoms with Gasteiger partial charge in [-0.1, -0.05) is 11.8 Å². The second kappa shape index (κ2) is 7.01. The van der Waals surface area contributed by atoms with Crippen LogP contribution in [0.2, 0.25) is 0 Å². The van der Waals surface area contributed by atoms with Gasteiger partial charge in [-0.3, -0.25) is 4.79 Å². The molecule has 4 nitrogen and oxygen atoms in total. The standard InChI is InChI=1S/C11H14N2O2S/c1-15-7-6-13-11(14)10-9(3-2-5-12)4-8-16-10/h4,8H,5-7,12H2,1H3,(H,13,14). The Hall–Kier alpha value is -1.35. The van der Waals surface area contributed by atoms with E-state index in [0.29, 0.717) is 24.6 Å². The molecular formula is C11H14N2O2S. The van der Waals surface area contributed by atoms with Crippen molar-refractivity contribution in [3.05, 3.63) is 21.9 Å². The van der Waals surface area contributed by atoms with Gasteiger partial charge in [-0.05, 0) is 11.4 Å². The fraction of sp³-hybridized carbons (Fsp3) is 0.364. The predicted molar refractivity (Wildman–Crippen MR) is 64.5 cm³/mol. The first-order valence-electron chi connectivity index (χ1n) is 4.83. The zero-order chi connectivity index (χ0) is 11.8. The molecule has 86 valence electrons. The third-order valence-corrected chi connectivity index (χ3v) is 2.70. The number of nitrogens with one attached hydrogen (secondary N) is 1. The summed E-state index contributed by atoms with van der Waals surface area (Å²) >= 11 is 1.37. The summed E-state index contributed by atoms with van der Waals surface area (Å²) in [6, 6.07) is 1.82. The van der Waals surface area contributed by atoms with E-state index in [4.69, 9.17) is 10.5 Å². The van der Waals surface area contributed by atoms with E-state index in [-0.39, 0.29) is 5.91 Å². The summed E-state index contributed by atoms with van der Waals surface area (Å²) in [6.45, 7) is 1.29. The Morgan fingerprint density at radius 1 is 1.69 bits per heavy atom. The molecule has 0 aromatic carbocycles. The Kier molecular flexibility index (Phi) is 5.57. The molecule has 0 saturated heterocycles. The number of rotatable bonds is 4. The number of carbonyl (C=O) groups is 1. The molecule has 0 spiro atoms. The summed E-state index contributed by atoms with van der Waals surface area (Å²) in [6.07, 6.45) is 0. The Balaban J connectivity index is 2.64. The van der Waals surface area contributed by atoms with Gasteiger partial charge in [-0.25, -0.2) is 0 Å². The van der Waals surface area contributed by atoms with Gasteiger partial charge >= 0.3 is 0 Å². The number of nitrogens with two attached hydrogens (primary N) is 1. The number of carbonyl (C=O) groups excluding carboxylic acids is 1. The Bertz CT molecular complexity index is 404. The lowest BCUT2D eigenvalue weighted by molar-refractivity contribution is 0.0941. The predicted octanol–water partition coefficient (Wildman–Crippen LogP) is 0.435. The van der Waals surface area contributed by atoms with Crippen molar-refractivity contribution in [1.29, 1.82) is 0 Å². The molecule has 0 aliphatic heterocycles. The van der Waals surface area contributed by atoms with Gasteiger partial charge in [0.1, 0.15) is 4.88 Å². The van der Waals surface area contributed by atoms with Crippen LogP contribution in [0.3, 0.4) is 0 Å². The van der Waals surface area contributed by atoms with Gasteiger partial charge in [0.2, 0.25) is 0 Å². The average molecular weight is 238 g/mol. The van der Waals surface area contributed by atoms with E-state index in [0.717, 1.165) is 5.56 Å². The molecule has 1 aromatic rings. The first kappa shape index (κ1) is 12.7. The molecule has 0 unspecified atom stereocenters. The molecule has 1 rings (SSSR count). The minimum absolute atomic E-state index is 0.117. The van der Waals surface area contributed by atoms with E-state index in [1.165, 1.54) is 11.3 Å². The van der Waals surface area contributed by atoms with E-state index in [1.807, 2.05) is 11.4 Å². The zero-order valence-electron chi connectivity index (χ0n) is 9.08. The molecule has 5 heteroatoms. The maximum absolute atomic E-state index is 11.7. The maximum atomic E-state index is 11.7. The topological polar surface area (TPSA) is 64.3 Å². The molecule has 0 aliphatic carbocycles. The second-order valence-corrected chi connectivity index (χ2v) is 3.83. The summed E-state index contributed by atoms with van der Waals surface area (Å²) < 4.78 is 4.85. The van der Waals surface area contributed by atoms with Gasteiger partial charge in [0, 0.05) is 19.2 Å². The van der Waals surface area contributed by atoms with Crippen LogP contribution in [0.15, 0.2) is 11.4 Å². The molecule has 0 atom stereocenters. The minimum atomic E-state index is -0.117. The highest BCUT2D eigenvalue weighted by atomic mass is 32.1. The van der Waals surface area contributed by atoms with Crippen LogP contribution < -0.4 is 11.1 Å². The highest BCUT2D eigenvalue weighted by Gasteiger charge is 2.10. The molecular weight excluding hydrogens is 224 g/mol. The van der Waals surface area contributed by atoms with E-state index in [9.17, 15) is 4.79 Å². The van der Waals surface area contributed by atoms with Gasteiger partial charge in [-0.2, -0.15) is 0 Å². The third kappa shape index (κ3) is 3.66. The molecule has 0 aliphatic rings. The number of hydrogen-bond donors (Lipinski definition) is 2. The molecule has 0 fully saturated rings. The van der Waals surface area contributed by atoms with E-state index in [1.54, 1.807) is 7.11 Å². The summed E-state index contributed by atoms with van der Waals surface area (Å²) in [5.74, 6) is 5.48. The van der Waals surface area contributed by atoms with Crippen molar-refractivity contribution < 1.29 is 9.53 Å². The van der Waals surface area contributed by atoms with Crippen LogP contribution in [0.1, 0.15) is 15.2 Å². The van der Waals surface area contributed by atoms with Crippen LogP contribution >= 0.6 is 11.3 Å². The van der Waals surface area contributed by atoms with Crippen molar-refractivity contribution in [3.8, 4) is 11.8 Å². The smallest absolute Gasteiger partial charge is 0.262 e. The molecule has 0 bridgehead atoms. The molecule has 16 heavy (non-hydrogen) atoms. The van der Waals surface area contributed by atoms with Crippen molar-refractivity contribution >= 4 is 17.2 Å². The van der Waals surface area contributed by atoms with Crippen LogP contribution in [0.5, 0.6) is 0 Å². The van der Waals surface area contributed by atoms with Crippen LogP contribution in [0.25, 0.3) is 0 Å². The zero-order valence-corrected chi connectivity index (χ0v) is 9.89. The lowest BCUT2D eigenvalue weighted by Crippen LogP contribution is -2.26. The van der Waals surface area contributed by atoms with E-state index in [2.05, 4.69) is 17.2 Å². The molecule has 3 N–H and O–H groups in total. The highest BCUT2D eigenvalue weighted by Crippen LogP contribution is 2.15. The van der Waals surface area contributed by atoms with Gasteiger partial charge in [0.05, 0.1) is 13.2 Å². The third-order valence-electron chi connectivity index (χ3n) is 1.79. The van der Waals surface area contributed by atoms with Crippen molar-refractivity contribution in [3.63, 3.8) is 0 Å². The minimum Gasteiger partial charge on any atom is -0.383 e. The fourth-order valence-electron chi connectivity index (χ4n) is 1.08. The van der Waals surface area contributed by atoms with Gasteiger partial charge in [0.25, 0.3) is 5.91 Å². The number of thiophene rings is 1. The Morgan fingerprint density at radius 2 is 2.50 bits per heavy atom. The highest BCUT2D eigenvalue weighted by molar-refractivity contribution is 7.12. The van der Waals surface area contributed by atoms with Crippen molar-refractivity contribution in [2.45, 2.75) is 0 Å². The summed E-state index contributed by atoms with van der Waals surface area (Å²) in [5.41, 5.74) is 6.01. The van der Waals surface area contributed by atoms with Crippen LogP contribution in [-0.4, -0.2) is 32.7 Å². The van der Waals surface area contributed by atoms with Gasteiger partial charge in [0.15, 0.2) is 0 Å². The summed E-state index contributed by atoms with van der Waals surface area (Å²) in [5, 5.41) is 4.59. The summed E-state index contributed by atoms with van der Waals surface area (Å²) in [7, 11) is 1.59. The average Bonchev–Trinajstić information content (AvgIpc) is 2.74. The lowest BCUT2D eigenvalue weighted by Gasteiger charge is -2.02. The molecule has 0 radical (unpaired) electrons. The SMILES string of the molecule is COCCNC(=O)c1sccc1C#CCN. The van der Waals surface area contributed by atoms with Crippen LogP contribution in [0, 0.1) is 11.8 Å². The molecule has 0 saturated carbocycles. The molecule has 1 amide bonds. The normalized spacial score (nSPS) is 9.38.